The third kappa shape index (κ3) is 4.59. The number of cyclic esters (lactones) is 1. The maximum Gasteiger partial charge on any atom is 0.409 e. The zero-order chi connectivity index (χ0) is 15.5. The molecule has 1 amide bonds. The Kier molecular flexibility index (Phi) is 5.08. The minimum atomic E-state index is -3.46. The summed E-state index contributed by atoms with van der Waals surface area (Å²) < 4.78 is 31.5. The molecule has 8 heteroatoms. The van der Waals surface area contributed by atoms with Gasteiger partial charge in [0.25, 0.3) is 0 Å². The van der Waals surface area contributed by atoms with E-state index in [1.165, 1.54) is 4.90 Å². The predicted molar refractivity (Wildman–Crippen MR) is 79.6 cm³/mol. The van der Waals surface area contributed by atoms with Crippen molar-refractivity contribution in [2.24, 2.45) is 0 Å². The van der Waals surface area contributed by atoms with Crippen LogP contribution in [0.2, 0.25) is 5.02 Å². The first-order valence-corrected chi connectivity index (χ1v) is 8.53. The number of likely N-dealkylation sites (N-methyl/N-ethyl adjacent to an activating group) is 1. The van der Waals surface area contributed by atoms with Gasteiger partial charge in [-0.3, -0.25) is 0 Å². The highest BCUT2D eigenvalue weighted by molar-refractivity contribution is 7.88. The summed E-state index contributed by atoms with van der Waals surface area (Å²) in [5, 5.41) is 0.425. The van der Waals surface area contributed by atoms with E-state index in [9.17, 15) is 13.2 Å². The van der Waals surface area contributed by atoms with Crippen molar-refractivity contribution >= 4 is 27.7 Å². The van der Waals surface area contributed by atoms with Gasteiger partial charge in [-0.1, -0.05) is 29.8 Å². The average molecular weight is 333 g/mol. The van der Waals surface area contributed by atoms with Crippen molar-refractivity contribution in [1.82, 2.24) is 9.62 Å². The van der Waals surface area contributed by atoms with Crippen LogP contribution in [-0.4, -0.2) is 45.7 Å². The lowest BCUT2D eigenvalue weighted by atomic mass is 10.2. The van der Waals surface area contributed by atoms with Gasteiger partial charge in [-0.25, -0.2) is 17.9 Å². The fourth-order valence-electron chi connectivity index (χ4n) is 2.05. The van der Waals surface area contributed by atoms with Crippen molar-refractivity contribution in [3.63, 3.8) is 0 Å². The number of carbonyl (C=O) groups is 1. The molecule has 0 radical (unpaired) electrons. The highest BCUT2D eigenvalue weighted by Crippen LogP contribution is 2.17. The molecule has 1 fully saturated rings. The van der Waals surface area contributed by atoms with Crippen LogP contribution in [0.5, 0.6) is 0 Å². The highest BCUT2D eigenvalue weighted by Gasteiger charge is 2.28. The molecule has 1 aromatic rings. The molecule has 1 aliphatic heterocycles. The van der Waals surface area contributed by atoms with Crippen molar-refractivity contribution in [3.8, 4) is 0 Å². The average Bonchev–Trinajstić information content (AvgIpc) is 2.71. The summed E-state index contributed by atoms with van der Waals surface area (Å²) in [7, 11) is -1.82. The lowest BCUT2D eigenvalue weighted by Gasteiger charge is -2.10. The summed E-state index contributed by atoms with van der Waals surface area (Å²) in [5.74, 6) is -0.170. The van der Waals surface area contributed by atoms with Crippen LogP contribution in [0.4, 0.5) is 4.79 Å². The molecule has 116 valence electrons. The van der Waals surface area contributed by atoms with Crippen molar-refractivity contribution in [1.29, 1.82) is 0 Å². The van der Waals surface area contributed by atoms with Gasteiger partial charge in [-0.15, -0.1) is 0 Å². The standard InChI is InChI=1S/C13H17ClN2O4S/c1-16-8-11(20-13(16)17)6-7-15-21(18,19)9-10-4-2-3-5-12(10)14/h2-5,11,15H,6-9H2,1H3. The smallest absolute Gasteiger partial charge is 0.409 e. The Morgan fingerprint density at radius 3 is 2.76 bits per heavy atom. The monoisotopic (exact) mass is 332 g/mol. The molecule has 21 heavy (non-hydrogen) atoms. The molecule has 1 saturated heterocycles. The van der Waals surface area contributed by atoms with Crippen molar-refractivity contribution < 1.29 is 17.9 Å². The quantitative estimate of drug-likeness (QED) is 0.858. The summed E-state index contributed by atoms with van der Waals surface area (Å²) in [4.78, 5) is 12.6. The second-order valence-electron chi connectivity index (χ2n) is 4.92. The highest BCUT2D eigenvalue weighted by atomic mass is 35.5. The zero-order valence-corrected chi connectivity index (χ0v) is 13.2. The van der Waals surface area contributed by atoms with Gasteiger partial charge >= 0.3 is 6.09 Å². The van der Waals surface area contributed by atoms with Gasteiger partial charge in [0.1, 0.15) is 6.10 Å². The van der Waals surface area contributed by atoms with E-state index in [4.69, 9.17) is 16.3 Å². The van der Waals surface area contributed by atoms with Crippen LogP contribution in [0.1, 0.15) is 12.0 Å². The van der Waals surface area contributed by atoms with E-state index in [1.54, 1.807) is 31.3 Å². The molecule has 1 aliphatic rings. The Morgan fingerprint density at radius 1 is 1.43 bits per heavy atom. The van der Waals surface area contributed by atoms with E-state index in [0.29, 0.717) is 23.6 Å². The molecule has 0 aliphatic carbocycles. The van der Waals surface area contributed by atoms with E-state index in [1.807, 2.05) is 0 Å². The maximum atomic E-state index is 12.0. The molecule has 0 saturated carbocycles. The second kappa shape index (κ2) is 6.64. The van der Waals surface area contributed by atoms with Crippen LogP contribution < -0.4 is 4.72 Å². The van der Waals surface area contributed by atoms with Crippen molar-refractivity contribution in [2.75, 3.05) is 20.1 Å². The summed E-state index contributed by atoms with van der Waals surface area (Å²) >= 11 is 5.94. The predicted octanol–water partition coefficient (Wildman–Crippen LogP) is 1.60. The van der Waals surface area contributed by atoms with Gasteiger partial charge in [-0.05, 0) is 18.1 Å². The summed E-state index contributed by atoms with van der Waals surface area (Å²) in [6, 6.07) is 6.82. The largest absolute Gasteiger partial charge is 0.444 e. The maximum absolute atomic E-state index is 12.0. The number of nitrogens with one attached hydrogen (secondary N) is 1. The molecule has 1 atom stereocenters. The van der Waals surface area contributed by atoms with Gasteiger partial charge in [0.05, 0.1) is 12.3 Å². The second-order valence-corrected chi connectivity index (χ2v) is 7.13. The number of rotatable bonds is 6. The lowest BCUT2D eigenvalue weighted by molar-refractivity contribution is 0.131. The fourth-order valence-corrected chi connectivity index (χ4v) is 3.52. The Bertz CT molecular complexity index is 620. The number of sulfonamides is 1. The Balaban J connectivity index is 1.82. The molecule has 0 aromatic heterocycles. The number of nitrogens with zero attached hydrogens (tertiary/aromatic N) is 1. The van der Waals surface area contributed by atoms with Crippen LogP contribution in [0, 0.1) is 0 Å². The van der Waals surface area contributed by atoms with E-state index >= 15 is 0 Å². The topological polar surface area (TPSA) is 75.7 Å². The van der Waals surface area contributed by atoms with Crippen molar-refractivity contribution in [3.05, 3.63) is 34.9 Å². The molecule has 6 nitrogen and oxygen atoms in total. The molecule has 1 aromatic carbocycles. The first kappa shape index (κ1) is 16.1. The number of halogens is 1. The summed E-state index contributed by atoms with van der Waals surface area (Å²) in [6.07, 6.45) is -0.206. The molecular formula is C13H17ClN2O4S. The van der Waals surface area contributed by atoms with E-state index in [-0.39, 0.29) is 24.5 Å². The van der Waals surface area contributed by atoms with Crippen LogP contribution in [0.3, 0.4) is 0 Å². The summed E-state index contributed by atoms with van der Waals surface area (Å²) in [5.41, 5.74) is 0.554. The number of amides is 1. The minimum absolute atomic E-state index is 0.170. The number of hydrogen-bond donors (Lipinski definition) is 1. The van der Waals surface area contributed by atoms with E-state index in [2.05, 4.69) is 4.72 Å². The SMILES string of the molecule is CN1CC(CCNS(=O)(=O)Cc2ccccc2Cl)OC1=O. The zero-order valence-electron chi connectivity index (χ0n) is 11.6. The van der Waals surface area contributed by atoms with Crippen LogP contribution in [0.15, 0.2) is 24.3 Å². The first-order valence-electron chi connectivity index (χ1n) is 6.50. The molecule has 1 N–H and O–H groups in total. The molecule has 1 heterocycles. The van der Waals surface area contributed by atoms with Crippen molar-refractivity contribution in [2.45, 2.75) is 18.3 Å². The van der Waals surface area contributed by atoms with Crippen LogP contribution in [0.25, 0.3) is 0 Å². The molecule has 1 unspecified atom stereocenters. The lowest BCUT2D eigenvalue weighted by Crippen LogP contribution is -2.29. The van der Waals surface area contributed by atoms with Gasteiger partial charge in [0, 0.05) is 18.6 Å². The van der Waals surface area contributed by atoms with Gasteiger partial charge in [-0.2, -0.15) is 0 Å². The Morgan fingerprint density at radius 2 is 2.14 bits per heavy atom. The normalized spacial score (nSPS) is 18.9. The first-order chi connectivity index (χ1) is 9.87. The summed E-state index contributed by atoms with van der Waals surface area (Å²) in [6.45, 7) is 0.698. The van der Waals surface area contributed by atoms with E-state index in [0.717, 1.165) is 0 Å². The number of ether oxygens (including phenoxy) is 1. The molecule has 0 spiro atoms. The fraction of sp³-hybridized carbons (Fsp3) is 0.462. The third-order valence-corrected chi connectivity index (χ3v) is 4.85. The number of carbonyl (C=O) groups excluding carboxylic acids is 1. The number of hydrogen-bond acceptors (Lipinski definition) is 4. The van der Waals surface area contributed by atoms with E-state index < -0.39 is 10.0 Å². The van der Waals surface area contributed by atoms with Crippen LogP contribution in [-0.2, 0) is 20.5 Å². The molecular weight excluding hydrogens is 316 g/mol. The number of benzene rings is 1. The minimum Gasteiger partial charge on any atom is -0.444 e. The Labute approximate surface area is 129 Å². The van der Waals surface area contributed by atoms with Crippen LogP contribution >= 0.6 is 11.6 Å². The molecule has 0 bridgehead atoms. The van der Waals surface area contributed by atoms with Gasteiger partial charge in [0.15, 0.2) is 0 Å². The molecule has 2 rings (SSSR count). The van der Waals surface area contributed by atoms with Gasteiger partial charge in [0.2, 0.25) is 10.0 Å². The third-order valence-electron chi connectivity index (χ3n) is 3.15. The Hall–Kier alpha value is -1.31. The van der Waals surface area contributed by atoms with Gasteiger partial charge < -0.3 is 9.64 Å².